The molecule has 0 aliphatic heterocycles. The highest BCUT2D eigenvalue weighted by Gasteiger charge is 2.34. The molecule has 1 atom stereocenters. The Balaban J connectivity index is 1.77. The number of amides is 1. The summed E-state index contributed by atoms with van der Waals surface area (Å²) in [6.07, 6.45) is 5.86. The van der Waals surface area contributed by atoms with Crippen molar-refractivity contribution in [3.05, 3.63) is 17.6 Å². The molecule has 1 aromatic rings. The number of carboxylic acid groups (broad SMARTS) is 1. The fourth-order valence-electron chi connectivity index (χ4n) is 2.57. The fraction of sp³-hybridized carbons (Fsp3) is 0.667. The van der Waals surface area contributed by atoms with Crippen LogP contribution in [0.2, 0.25) is 0 Å². The molecule has 1 unspecified atom stereocenters. The third-order valence-electron chi connectivity index (χ3n) is 4.50. The van der Waals surface area contributed by atoms with Crippen molar-refractivity contribution in [1.82, 2.24) is 15.3 Å². The Labute approximate surface area is 147 Å². The molecule has 3 rings (SSSR count). The van der Waals surface area contributed by atoms with Crippen LogP contribution in [0.3, 0.4) is 0 Å². The summed E-state index contributed by atoms with van der Waals surface area (Å²) in [4.78, 5) is 32.6. The summed E-state index contributed by atoms with van der Waals surface area (Å²) in [7, 11) is 0. The Morgan fingerprint density at radius 2 is 2.00 bits per heavy atom. The second-order valence-electron chi connectivity index (χ2n) is 8.09. The molecular formula is C18H25N3O4. The second kappa shape index (κ2) is 6.61. The Hall–Kier alpha value is -2.18. The standard InChI is InChI=1S/C18H25N3O4/c1-18(2,3)14(17(23)24)21-15(22)12-8-19-13(11-6-7-11)16(20-12)25-9-10-4-5-10/h8,10-11,14H,4-7,9H2,1-3H3,(H,21,22)(H,23,24). The number of carbonyl (C=O) groups excluding carboxylic acids is 1. The van der Waals surface area contributed by atoms with Gasteiger partial charge in [-0.1, -0.05) is 20.8 Å². The first-order valence-corrected chi connectivity index (χ1v) is 8.79. The Morgan fingerprint density at radius 3 is 2.52 bits per heavy atom. The molecular weight excluding hydrogens is 322 g/mol. The third-order valence-corrected chi connectivity index (χ3v) is 4.50. The van der Waals surface area contributed by atoms with Gasteiger partial charge in [0.2, 0.25) is 5.88 Å². The van der Waals surface area contributed by atoms with E-state index in [2.05, 4.69) is 15.3 Å². The van der Waals surface area contributed by atoms with Crippen molar-refractivity contribution in [3.8, 4) is 5.88 Å². The molecule has 25 heavy (non-hydrogen) atoms. The lowest BCUT2D eigenvalue weighted by atomic mass is 9.86. The van der Waals surface area contributed by atoms with Crippen LogP contribution in [0, 0.1) is 11.3 Å². The highest BCUT2D eigenvalue weighted by Crippen LogP contribution is 2.42. The maximum atomic E-state index is 12.5. The average molecular weight is 347 g/mol. The maximum absolute atomic E-state index is 12.5. The lowest BCUT2D eigenvalue weighted by molar-refractivity contribution is -0.142. The van der Waals surface area contributed by atoms with Crippen molar-refractivity contribution >= 4 is 11.9 Å². The van der Waals surface area contributed by atoms with Gasteiger partial charge in [0.15, 0.2) is 5.69 Å². The van der Waals surface area contributed by atoms with Gasteiger partial charge in [-0.25, -0.2) is 9.78 Å². The number of nitrogens with zero attached hydrogens (tertiary/aromatic N) is 2. The summed E-state index contributed by atoms with van der Waals surface area (Å²) < 4.78 is 5.80. The SMILES string of the molecule is CC(C)(C)C(NC(=O)c1cnc(C2CC2)c(OCC2CC2)n1)C(=O)O. The minimum atomic E-state index is -1.08. The van der Waals surface area contributed by atoms with E-state index in [4.69, 9.17) is 4.74 Å². The van der Waals surface area contributed by atoms with Gasteiger partial charge in [0.25, 0.3) is 5.91 Å². The minimum Gasteiger partial charge on any atom is -0.480 e. The smallest absolute Gasteiger partial charge is 0.326 e. The monoisotopic (exact) mass is 347 g/mol. The fourth-order valence-corrected chi connectivity index (χ4v) is 2.57. The Bertz CT molecular complexity index is 675. The molecule has 0 bridgehead atoms. The van der Waals surface area contributed by atoms with Crippen LogP contribution in [0.25, 0.3) is 0 Å². The van der Waals surface area contributed by atoms with Gasteiger partial charge in [-0.2, -0.15) is 0 Å². The third kappa shape index (κ3) is 4.46. The number of carboxylic acids is 1. The molecule has 2 N–H and O–H groups in total. The average Bonchev–Trinajstić information content (AvgIpc) is 3.42. The van der Waals surface area contributed by atoms with Gasteiger partial charge in [-0.05, 0) is 37.0 Å². The molecule has 1 heterocycles. The van der Waals surface area contributed by atoms with Gasteiger partial charge in [-0.15, -0.1) is 0 Å². The van der Waals surface area contributed by atoms with Crippen molar-refractivity contribution in [2.24, 2.45) is 11.3 Å². The molecule has 1 amide bonds. The molecule has 0 aromatic carbocycles. The summed E-state index contributed by atoms with van der Waals surface area (Å²) in [5.41, 5.74) is 0.280. The number of hydrogen-bond donors (Lipinski definition) is 2. The lowest BCUT2D eigenvalue weighted by Gasteiger charge is -2.27. The van der Waals surface area contributed by atoms with Gasteiger partial charge in [0.05, 0.1) is 12.8 Å². The summed E-state index contributed by atoms with van der Waals surface area (Å²) in [5, 5.41) is 11.9. The number of rotatable bonds is 7. The number of aromatic nitrogens is 2. The molecule has 0 spiro atoms. The van der Waals surface area contributed by atoms with E-state index in [1.807, 2.05) is 0 Å². The number of nitrogens with one attached hydrogen (secondary N) is 1. The Morgan fingerprint density at radius 1 is 1.32 bits per heavy atom. The molecule has 7 heteroatoms. The predicted molar refractivity (Wildman–Crippen MR) is 90.6 cm³/mol. The molecule has 1 aromatic heterocycles. The molecule has 136 valence electrons. The van der Waals surface area contributed by atoms with E-state index in [0.29, 0.717) is 24.3 Å². The lowest BCUT2D eigenvalue weighted by Crippen LogP contribution is -2.49. The van der Waals surface area contributed by atoms with E-state index in [0.717, 1.165) is 31.4 Å². The highest BCUT2D eigenvalue weighted by molar-refractivity contribution is 5.95. The minimum absolute atomic E-state index is 0.0886. The maximum Gasteiger partial charge on any atom is 0.326 e. The van der Waals surface area contributed by atoms with Crippen LogP contribution in [0.1, 0.15) is 68.6 Å². The van der Waals surface area contributed by atoms with Gasteiger partial charge in [0.1, 0.15) is 11.7 Å². The largest absolute Gasteiger partial charge is 0.480 e. The zero-order valence-corrected chi connectivity index (χ0v) is 14.9. The summed E-state index contributed by atoms with van der Waals surface area (Å²) >= 11 is 0. The van der Waals surface area contributed by atoms with Gasteiger partial charge in [-0.3, -0.25) is 9.78 Å². The first-order valence-electron chi connectivity index (χ1n) is 8.79. The van der Waals surface area contributed by atoms with Gasteiger partial charge in [0, 0.05) is 5.92 Å². The van der Waals surface area contributed by atoms with E-state index < -0.39 is 23.3 Å². The summed E-state index contributed by atoms with van der Waals surface area (Å²) in [6, 6.07) is -1.01. The molecule has 0 saturated heterocycles. The van der Waals surface area contributed by atoms with Crippen LogP contribution in [-0.2, 0) is 4.79 Å². The van der Waals surface area contributed by atoms with Crippen molar-refractivity contribution < 1.29 is 19.4 Å². The van der Waals surface area contributed by atoms with Crippen molar-refractivity contribution in [3.63, 3.8) is 0 Å². The zero-order chi connectivity index (χ0) is 18.2. The second-order valence-corrected chi connectivity index (χ2v) is 8.09. The predicted octanol–water partition coefficient (Wildman–Crippen LogP) is 2.37. The van der Waals surface area contributed by atoms with Crippen LogP contribution < -0.4 is 10.1 Å². The topological polar surface area (TPSA) is 101 Å². The van der Waals surface area contributed by atoms with Crippen LogP contribution in [-0.4, -0.2) is 39.6 Å². The zero-order valence-electron chi connectivity index (χ0n) is 14.9. The molecule has 2 aliphatic carbocycles. The first kappa shape index (κ1) is 17.6. The van der Waals surface area contributed by atoms with Crippen LogP contribution in [0.15, 0.2) is 6.20 Å². The summed E-state index contributed by atoms with van der Waals surface area (Å²) in [6.45, 7) is 5.88. The van der Waals surface area contributed by atoms with E-state index in [1.54, 1.807) is 20.8 Å². The quantitative estimate of drug-likeness (QED) is 0.785. The van der Waals surface area contributed by atoms with Crippen molar-refractivity contribution in [2.75, 3.05) is 6.61 Å². The molecule has 0 radical (unpaired) electrons. The van der Waals surface area contributed by atoms with Crippen LogP contribution in [0.5, 0.6) is 5.88 Å². The van der Waals surface area contributed by atoms with Crippen LogP contribution >= 0.6 is 0 Å². The molecule has 2 saturated carbocycles. The molecule has 2 fully saturated rings. The van der Waals surface area contributed by atoms with Gasteiger partial charge < -0.3 is 15.2 Å². The number of ether oxygens (including phenoxy) is 1. The number of carbonyl (C=O) groups is 2. The number of aliphatic carboxylic acids is 1. The number of hydrogen-bond acceptors (Lipinski definition) is 5. The van der Waals surface area contributed by atoms with Crippen molar-refractivity contribution in [1.29, 1.82) is 0 Å². The molecule has 2 aliphatic rings. The van der Waals surface area contributed by atoms with E-state index in [-0.39, 0.29) is 5.69 Å². The van der Waals surface area contributed by atoms with Crippen LogP contribution in [0.4, 0.5) is 0 Å². The first-order chi connectivity index (χ1) is 11.8. The molecule has 7 nitrogen and oxygen atoms in total. The van der Waals surface area contributed by atoms with E-state index >= 15 is 0 Å². The van der Waals surface area contributed by atoms with Gasteiger partial charge >= 0.3 is 5.97 Å². The normalized spacial score (nSPS) is 18.5. The Kier molecular flexibility index (Phi) is 4.67. The van der Waals surface area contributed by atoms with Crippen molar-refractivity contribution in [2.45, 2.75) is 58.4 Å². The highest BCUT2D eigenvalue weighted by atomic mass is 16.5. The van der Waals surface area contributed by atoms with E-state index in [1.165, 1.54) is 6.20 Å². The van der Waals surface area contributed by atoms with E-state index in [9.17, 15) is 14.7 Å². The summed E-state index contributed by atoms with van der Waals surface area (Å²) in [5.74, 6) is -0.268.